The Balaban J connectivity index is 1.61. The van der Waals surface area contributed by atoms with Crippen LogP contribution in [0.1, 0.15) is 35.2 Å². The van der Waals surface area contributed by atoms with E-state index in [-0.39, 0.29) is 0 Å². The summed E-state index contributed by atoms with van der Waals surface area (Å²) >= 11 is 0. The monoisotopic (exact) mass is 239 g/mol. The minimum Gasteiger partial charge on any atom is -0.298 e. The van der Waals surface area contributed by atoms with Crippen molar-refractivity contribution in [3.8, 4) is 0 Å². The van der Waals surface area contributed by atoms with Gasteiger partial charge in [-0.3, -0.25) is 9.69 Å². The first-order chi connectivity index (χ1) is 8.79. The molecule has 2 nitrogen and oxygen atoms in total. The molecular weight excluding hydrogens is 222 g/mol. The zero-order chi connectivity index (χ0) is 12.3. The highest BCUT2D eigenvalue weighted by Crippen LogP contribution is 2.54. The normalized spacial score (nSPS) is 40.6. The van der Waals surface area contributed by atoms with Gasteiger partial charge in [0, 0.05) is 23.7 Å². The summed E-state index contributed by atoms with van der Waals surface area (Å²) in [5.41, 5.74) is 2.13. The maximum absolute atomic E-state index is 10.7. The first kappa shape index (κ1) is 10.5. The number of aldehydes is 1. The van der Waals surface area contributed by atoms with E-state index in [2.05, 4.69) is 36.1 Å². The van der Waals surface area contributed by atoms with Gasteiger partial charge in [-0.1, -0.05) is 43.3 Å². The van der Waals surface area contributed by atoms with Gasteiger partial charge in [0.05, 0.1) is 0 Å². The molecule has 0 saturated carbocycles. The van der Waals surface area contributed by atoms with E-state index in [1.807, 2.05) is 12.1 Å². The zero-order valence-electron chi connectivity index (χ0n) is 10.5. The summed E-state index contributed by atoms with van der Waals surface area (Å²) < 4.78 is 0. The highest BCUT2D eigenvalue weighted by atomic mass is 16.1. The molecule has 0 amide bonds. The lowest BCUT2D eigenvalue weighted by atomic mass is 9.81. The Morgan fingerprint density at radius 3 is 2.61 bits per heavy atom. The second kappa shape index (κ2) is 3.55. The van der Waals surface area contributed by atoms with Crippen LogP contribution >= 0.6 is 0 Å². The molecular formula is C16H17NO. The Morgan fingerprint density at radius 1 is 1.28 bits per heavy atom. The molecule has 2 heteroatoms. The summed E-state index contributed by atoms with van der Waals surface area (Å²) in [5.74, 6) is 1.29. The van der Waals surface area contributed by atoms with Gasteiger partial charge in [0.1, 0.15) is 6.29 Å². The Kier molecular flexibility index (Phi) is 2.07. The van der Waals surface area contributed by atoms with Crippen LogP contribution < -0.4 is 0 Å². The quantitative estimate of drug-likeness (QED) is 0.459. The smallest absolute Gasteiger partial charge is 0.150 e. The van der Waals surface area contributed by atoms with Crippen molar-refractivity contribution in [2.45, 2.75) is 37.4 Å². The van der Waals surface area contributed by atoms with Crippen molar-refractivity contribution in [1.29, 1.82) is 0 Å². The minimum atomic E-state index is 0.552. The van der Waals surface area contributed by atoms with Crippen molar-refractivity contribution in [1.82, 2.24) is 4.90 Å². The van der Waals surface area contributed by atoms with E-state index in [1.54, 1.807) is 0 Å². The van der Waals surface area contributed by atoms with Gasteiger partial charge in [0.2, 0.25) is 0 Å². The Morgan fingerprint density at radius 2 is 2.06 bits per heavy atom. The van der Waals surface area contributed by atoms with Gasteiger partial charge >= 0.3 is 0 Å². The highest BCUT2D eigenvalue weighted by molar-refractivity contribution is 5.74. The zero-order valence-corrected chi connectivity index (χ0v) is 10.5. The van der Waals surface area contributed by atoms with Crippen LogP contribution in [0.5, 0.6) is 0 Å². The Hall–Kier alpha value is -1.41. The predicted molar refractivity (Wildman–Crippen MR) is 70.7 cm³/mol. The van der Waals surface area contributed by atoms with Crippen LogP contribution in [-0.4, -0.2) is 29.3 Å². The van der Waals surface area contributed by atoms with E-state index in [4.69, 9.17) is 0 Å². The molecule has 5 rings (SSSR count). The maximum Gasteiger partial charge on any atom is 0.150 e. The first-order valence-electron chi connectivity index (χ1n) is 6.80. The summed E-state index contributed by atoms with van der Waals surface area (Å²) in [6.45, 7) is 2.32. The van der Waals surface area contributed by atoms with Crippen LogP contribution in [0.25, 0.3) is 0 Å². The van der Waals surface area contributed by atoms with E-state index in [9.17, 15) is 4.79 Å². The number of carbonyl (C=O) groups is 1. The lowest BCUT2D eigenvalue weighted by molar-refractivity contribution is 0.112. The molecule has 4 aliphatic rings. The molecule has 0 aromatic heterocycles. The van der Waals surface area contributed by atoms with Crippen molar-refractivity contribution >= 4 is 6.29 Å². The molecule has 0 N–H and O–H groups in total. The van der Waals surface area contributed by atoms with Crippen LogP contribution in [0.4, 0.5) is 0 Å². The molecule has 0 spiro atoms. The molecule has 1 aliphatic carbocycles. The van der Waals surface area contributed by atoms with Gasteiger partial charge in [-0.15, -0.1) is 0 Å². The van der Waals surface area contributed by atoms with Gasteiger partial charge < -0.3 is 0 Å². The van der Waals surface area contributed by atoms with E-state index < -0.39 is 0 Å². The molecule has 92 valence electrons. The van der Waals surface area contributed by atoms with Crippen LogP contribution in [0, 0.1) is 5.92 Å². The Bertz CT molecular complexity index is 518. The number of hydrogen-bond acceptors (Lipinski definition) is 2. The number of rotatable bonds is 3. The predicted octanol–water partition coefficient (Wildman–Crippen LogP) is 2.61. The lowest BCUT2D eigenvalue weighted by Crippen LogP contribution is -2.33. The largest absolute Gasteiger partial charge is 0.298 e. The standard InChI is InChI=1S/C16H17NO/c1-10(12-4-2-11(9-18)3-5-12)16-13-6-7-14-15(8-13)17(14)16/h2-7,9-10,13-16H,8H2,1H3/t10-,13+,14+,15+,16-,17?/m1/s1. The highest BCUT2D eigenvalue weighted by Gasteiger charge is 2.61. The van der Waals surface area contributed by atoms with E-state index in [1.165, 1.54) is 12.0 Å². The number of piperidine rings is 1. The fourth-order valence-electron chi connectivity index (χ4n) is 4.02. The summed E-state index contributed by atoms with van der Waals surface area (Å²) in [6.07, 6.45) is 7.07. The third-order valence-electron chi connectivity index (χ3n) is 4.99. The van der Waals surface area contributed by atoms with Crippen molar-refractivity contribution in [3.05, 3.63) is 47.5 Å². The van der Waals surface area contributed by atoms with E-state index in [0.29, 0.717) is 12.0 Å². The minimum absolute atomic E-state index is 0.552. The van der Waals surface area contributed by atoms with Crippen molar-refractivity contribution in [2.75, 3.05) is 0 Å². The van der Waals surface area contributed by atoms with Crippen LogP contribution in [0.3, 0.4) is 0 Å². The molecule has 1 unspecified atom stereocenters. The maximum atomic E-state index is 10.7. The molecule has 1 aromatic rings. The summed E-state index contributed by atoms with van der Waals surface area (Å²) in [6, 6.07) is 10.3. The van der Waals surface area contributed by atoms with E-state index >= 15 is 0 Å². The van der Waals surface area contributed by atoms with Crippen molar-refractivity contribution < 1.29 is 4.79 Å². The van der Waals surface area contributed by atoms with Crippen LogP contribution in [-0.2, 0) is 0 Å². The molecule has 3 heterocycles. The molecule has 2 fully saturated rings. The molecule has 4 bridgehead atoms. The molecule has 1 aromatic carbocycles. The van der Waals surface area contributed by atoms with E-state index in [0.717, 1.165) is 29.9 Å². The average Bonchev–Trinajstić information content (AvgIpc) is 3.05. The molecule has 2 saturated heterocycles. The molecule has 0 radical (unpaired) electrons. The van der Waals surface area contributed by atoms with Gasteiger partial charge in [0.15, 0.2) is 0 Å². The fourth-order valence-corrected chi connectivity index (χ4v) is 4.02. The van der Waals surface area contributed by atoms with Crippen molar-refractivity contribution in [3.63, 3.8) is 0 Å². The summed E-state index contributed by atoms with van der Waals surface area (Å²) in [5, 5.41) is 0. The first-order valence-corrected chi connectivity index (χ1v) is 6.80. The average molecular weight is 239 g/mol. The number of benzene rings is 1. The van der Waals surface area contributed by atoms with Crippen LogP contribution in [0.2, 0.25) is 0 Å². The molecule has 6 atom stereocenters. The lowest BCUT2D eigenvalue weighted by Gasteiger charge is -2.31. The van der Waals surface area contributed by atoms with Crippen LogP contribution in [0.15, 0.2) is 36.4 Å². The Labute approximate surface area is 107 Å². The topological polar surface area (TPSA) is 20.1 Å². The SMILES string of the molecule is C[C@H](c1ccc(C=O)cc1)[C@@H]1[C@H]2C=C[C@H]3[C@H](C2)N13. The molecule has 18 heavy (non-hydrogen) atoms. The number of hydrogen-bond donors (Lipinski definition) is 0. The molecule has 3 aliphatic heterocycles. The summed E-state index contributed by atoms with van der Waals surface area (Å²) in [4.78, 5) is 13.4. The third kappa shape index (κ3) is 1.30. The number of nitrogens with zero attached hydrogens (tertiary/aromatic N) is 1. The van der Waals surface area contributed by atoms with Gasteiger partial charge in [-0.25, -0.2) is 0 Å². The van der Waals surface area contributed by atoms with Crippen molar-refractivity contribution in [2.24, 2.45) is 5.92 Å². The van der Waals surface area contributed by atoms with Gasteiger partial charge in [0.25, 0.3) is 0 Å². The summed E-state index contributed by atoms with van der Waals surface area (Å²) in [7, 11) is 0. The number of carbonyl (C=O) groups excluding carboxylic acids is 1. The third-order valence-corrected chi connectivity index (χ3v) is 4.99. The second-order valence-electron chi connectivity index (χ2n) is 5.85. The van der Waals surface area contributed by atoms with Gasteiger partial charge in [-0.05, 0) is 23.8 Å². The second-order valence-corrected chi connectivity index (χ2v) is 5.85. The van der Waals surface area contributed by atoms with Gasteiger partial charge in [-0.2, -0.15) is 0 Å². The fraction of sp³-hybridized carbons (Fsp3) is 0.438.